The van der Waals surface area contributed by atoms with Crippen LogP contribution in [0, 0.1) is 0 Å². The van der Waals surface area contributed by atoms with E-state index in [-0.39, 0.29) is 6.42 Å². The highest BCUT2D eigenvalue weighted by molar-refractivity contribution is 5.74. The van der Waals surface area contributed by atoms with Crippen LogP contribution in [0.3, 0.4) is 0 Å². The van der Waals surface area contributed by atoms with Crippen molar-refractivity contribution < 1.29 is 22.8 Å². The third-order valence-corrected chi connectivity index (χ3v) is 1.43. The Labute approximate surface area is 80.6 Å². The number of amides is 1. The van der Waals surface area contributed by atoms with Crippen molar-refractivity contribution in [3.63, 3.8) is 0 Å². The first kappa shape index (κ1) is 13.2. The van der Waals surface area contributed by atoms with Gasteiger partial charge in [0.05, 0.1) is 0 Å². The van der Waals surface area contributed by atoms with Crippen molar-refractivity contribution in [2.75, 3.05) is 6.61 Å². The van der Waals surface area contributed by atoms with Crippen LogP contribution in [0.1, 0.15) is 32.6 Å². The summed E-state index contributed by atoms with van der Waals surface area (Å²) < 4.78 is 34.6. The predicted octanol–water partition coefficient (Wildman–Crippen LogP) is 2.18. The number of carbonyl (C=O) groups excluding carboxylic acids is 1. The molecule has 0 unspecified atom stereocenters. The Hall–Kier alpha value is -0.780. The first-order valence-electron chi connectivity index (χ1n) is 4.43. The maximum atomic E-state index is 11.5. The van der Waals surface area contributed by atoms with Gasteiger partial charge < -0.3 is 0 Å². The van der Waals surface area contributed by atoms with Gasteiger partial charge in [0, 0.05) is 6.42 Å². The molecule has 14 heavy (non-hydrogen) atoms. The Morgan fingerprint density at radius 1 is 1.36 bits per heavy atom. The number of rotatable bonds is 6. The Balaban J connectivity index is 3.36. The summed E-state index contributed by atoms with van der Waals surface area (Å²) in [5.74, 6) is -0.511. The van der Waals surface area contributed by atoms with Gasteiger partial charge in [-0.2, -0.15) is 13.2 Å². The second kappa shape index (κ2) is 6.64. The Morgan fingerprint density at radius 3 is 2.50 bits per heavy atom. The van der Waals surface area contributed by atoms with E-state index < -0.39 is 18.7 Å². The molecule has 0 aliphatic heterocycles. The number of nitrogens with one attached hydrogen (secondary N) is 1. The van der Waals surface area contributed by atoms with E-state index in [1.54, 1.807) is 5.48 Å². The number of unbranched alkanes of at least 4 members (excludes halogenated alkanes) is 2. The zero-order valence-electron chi connectivity index (χ0n) is 7.99. The fraction of sp³-hybridized carbons (Fsp3) is 0.875. The van der Waals surface area contributed by atoms with Crippen molar-refractivity contribution in [1.29, 1.82) is 0 Å². The minimum Gasteiger partial charge on any atom is -0.273 e. The molecule has 0 aromatic rings. The first-order valence-corrected chi connectivity index (χ1v) is 4.43. The quantitative estimate of drug-likeness (QED) is 0.542. The van der Waals surface area contributed by atoms with Crippen molar-refractivity contribution in [3.05, 3.63) is 0 Å². The summed E-state index contributed by atoms with van der Waals surface area (Å²) >= 11 is 0. The van der Waals surface area contributed by atoms with Crippen molar-refractivity contribution in [3.8, 4) is 0 Å². The van der Waals surface area contributed by atoms with Gasteiger partial charge in [-0.05, 0) is 6.42 Å². The second-order valence-corrected chi connectivity index (χ2v) is 2.89. The van der Waals surface area contributed by atoms with Gasteiger partial charge in [-0.3, -0.25) is 9.63 Å². The van der Waals surface area contributed by atoms with Gasteiger partial charge in [0.1, 0.15) is 0 Å². The number of halogens is 3. The molecule has 0 saturated carbocycles. The zero-order chi connectivity index (χ0) is 11.0. The number of hydrogen-bond donors (Lipinski definition) is 1. The van der Waals surface area contributed by atoms with E-state index in [4.69, 9.17) is 0 Å². The van der Waals surface area contributed by atoms with E-state index in [9.17, 15) is 18.0 Å². The molecule has 0 aliphatic rings. The van der Waals surface area contributed by atoms with Crippen LogP contribution >= 0.6 is 0 Å². The lowest BCUT2D eigenvalue weighted by molar-refractivity contribution is -0.191. The summed E-state index contributed by atoms with van der Waals surface area (Å²) in [7, 11) is 0. The lowest BCUT2D eigenvalue weighted by Gasteiger charge is -2.07. The monoisotopic (exact) mass is 213 g/mol. The predicted molar refractivity (Wildman–Crippen MR) is 44.3 cm³/mol. The molecule has 1 N–H and O–H groups in total. The summed E-state index contributed by atoms with van der Waals surface area (Å²) in [4.78, 5) is 14.8. The van der Waals surface area contributed by atoms with E-state index in [1.807, 2.05) is 6.92 Å². The van der Waals surface area contributed by atoms with Crippen LogP contribution < -0.4 is 5.48 Å². The average molecular weight is 213 g/mol. The summed E-state index contributed by atoms with van der Waals surface area (Å²) in [6.45, 7) is 0.518. The highest BCUT2D eigenvalue weighted by Gasteiger charge is 2.28. The minimum absolute atomic E-state index is 0.200. The standard InChI is InChI=1S/C8H14F3NO2/c1-2-3-4-5-7(13)12-14-6-8(9,10)11/h2-6H2,1H3,(H,12,13). The van der Waals surface area contributed by atoms with E-state index in [1.165, 1.54) is 0 Å². The summed E-state index contributed by atoms with van der Waals surface area (Å²) in [5, 5.41) is 0. The van der Waals surface area contributed by atoms with Crippen LogP contribution in [0.15, 0.2) is 0 Å². The third-order valence-electron chi connectivity index (χ3n) is 1.43. The molecular weight excluding hydrogens is 199 g/mol. The van der Waals surface area contributed by atoms with Gasteiger partial charge in [-0.25, -0.2) is 5.48 Å². The Kier molecular flexibility index (Phi) is 6.27. The molecule has 0 saturated heterocycles. The molecular formula is C8H14F3NO2. The van der Waals surface area contributed by atoms with E-state index in [2.05, 4.69) is 4.84 Å². The van der Waals surface area contributed by atoms with Crippen molar-refractivity contribution in [1.82, 2.24) is 5.48 Å². The number of alkyl halides is 3. The largest absolute Gasteiger partial charge is 0.414 e. The molecule has 0 bridgehead atoms. The molecule has 0 radical (unpaired) electrons. The minimum atomic E-state index is -4.41. The summed E-state index contributed by atoms with van der Waals surface area (Å²) in [5.41, 5.74) is 1.74. The van der Waals surface area contributed by atoms with E-state index >= 15 is 0 Å². The van der Waals surface area contributed by atoms with Crippen molar-refractivity contribution in [2.45, 2.75) is 38.8 Å². The van der Waals surface area contributed by atoms with Crippen molar-refractivity contribution >= 4 is 5.91 Å². The molecule has 0 aliphatic carbocycles. The summed E-state index contributed by atoms with van der Waals surface area (Å²) in [6.07, 6.45) is -1.70. The van der Waals surface area contributed by atoms with Crippen LogP contribution in [0.4, 0.5) is 13.2 Å². The number of hydrogen-bond acceptors (Lipinski definition) is 2. The van der Waals surface area contributed by atoms with E-state index in [0.717, 1.165) is 12.8 Å². The van der Waals surface area contributed by atoms with Gasteiger partial charge in [0.25, 0.3) is 0 Å². The lowest BCUT2D eigenvalue weighted by atomic mass is 10.2. The van der Waals surface area contributed by atoms with Gasteiger partial charge in [0.15, 0.2) is 6.61 Å². The molecule has 1 amide bonds. The van der Waals surface area contributed by atoms with Gasteiger partial charge >= 0.3 is 6.18 Å². The van der Waals surface area contributed by atoms with Crippen LogP contribution in [0.2, 0.25) is 0 Å². The molecule has 6 heteroatoms. The molecule has 0 rings (SSSR count). The zero-order valence-corrected chi connectivity index (χ0v) is 7.99. The van der Waals surface area contributed by atoms with Crippen LogP contribution in [-0.2, 0) is 9.63 Å². The third kappa shape index (κ3) is 9.31. The van der Waals surface area contributed by atoms with Crippen LogP contribution in [0.25, 0.3) is 0 Å². The SMILES string of the molecule is CCCCCC(=O)NOCC(F)(F)F. The van der Waals surface area contributed by atoms with Gasteiger partial charge in [-0.15, -0.1) is 0 Å². The van der Waals surface area contributed by atoms with Crippen LogP contribution in [0.5, 0.6) is 0 Å². The maximum Gasteiger partial charge on any atom is 0.414 e. The number of carbonyl (C=O) groups is 1. The fourth-order valence-electron chi connectivity index (χ4n) is 0.785. The molecule has 0 aromatic carbocycles. The van der Waals surface area contributed by atoms with Gasteiger partial charge in [-0.1, -0.05) is 19.8 Å². The summed E-state index contributed by atoms with van der Waals surface area (Å²) in [6, 6.07) is 0. The van der Waals surface area contributed by atoms with E-state index in [0.29, 0.717) is 6.42 Å². The highest BCUT2D eigenvalue weighted by Crippen LogP contribution is 2.13. The molecule has 84 valence electrons. The molecule has 3 nitrogen and oxygen atoms in total. The highest BCUT2D eigenvalue weighted by atomic mass is 19.4. The average Bonchev–Trinajstić information content (AvgIpc) is 2.02. The van der Waals surface area contributed by atoms with Gasteiger partial charge in [0.2, 0.25) is 5.91 Å². The molecule has 0 aromatic heterocycles. The molecule has 0 spiro atoms. The smallest absolute Gasteiger partial charge is 0.273 e. The molecule has 0 atom stereocenters. The Bertz CT molecular complexity index is 170. The first-order chi connectivity index (χ1) is 6.45. The normalized spacial score (nSPS) is 11.4. The maximum absolute atomic E-state index is 11.5. The van der Waals surface area contributed by atoms with Crippen LogP contribution in [-0.4, -0.2) is 18.7 Å². The topological polar surface area (TPSA) is 38.3 Å². The lowest BCUT2D eigenvalue weighted by Crippen LogP contribution is -2.29. The number of hydroxylamine groups is 1. The second-order valence-electron chi connectivity index (χ2n) is 2.89. The Morgan fingerprint density at radius 2 is 2.00 bits per heavy atom. The molecule has 0 heterocycles. The molecule has 0 fully saturated rings. The van der Waals surface area contributed by atoms with Crippen molar-refractivity contribution in [2.24, 2.45) is 0 Å². The fourth-order valence-corrected chi connectivity index (χ4v) is 0.785.